The van der Waals surface area contributed by atoms with Crippen molar-refractivity contribution >= 4 is 29.0 Å². The molecule has 2 aliphatic rings. The van der Waals surface area contributed by atoms with Crippen LogP contribution in [0.25, 0.3) is 0 Å². The van der Waals surface area contributed by atoms with Gasteiger partial charge in [-0.25, -0.2) is 4.79 Å². The van der Waals surface area contributed by atoms with Gasteiger partial charge in [-0.2, -0.15) is 0 Å². The molecule has 1 saturated heterocycles. The van der Waals surface area contributed by atoms with Crippen LogP contribution in [0.5, 0.6) is 0 Å². The Morgan fingerprint density at radius 3 is 2.78 bits per heavy atom. The van der Waals surface area contributed by atoms with Crippen molar-refractivity contribution in [2.45, 2.75) is 19.3 Å². The van der Waals surface area contributed by atoms with E-state index < -0.39 is 0 Å². The Balaban J connectivity index is 1.28. The fourth-order valence-electron chi connectivity index (χ4n) is 3.79. The first-order chi connectivity index (χ1) is 13.2. The molecule has 0 radical (unpaired) electrons. The van der Waals surface area contributed by atoms with E-state index in [0.29, 0.717) is 18.7 Å². The van der Waals surface area contributed by atoms with Gasteiger partial charge in [-0.1, -0.05) is 24.3 Å². The monoisotopic (exact) mass is 364 g/mol. The van der Waals surface area contributed by atoms with E-state index >= 15 is 0 Å². The van der Waals surface area contributed by atoms with Crippen molar-refractivity contribution in [1.29, 1.82) is 0 Å². The minimum absolute atomic E-state index is 0.141. The number of amides is 3. The Kier molecular flexibility index (Phi) is 4.96. The predicted octanol–water partition coefficient (Wildman–Crippen LogP) is 3.00. The largest absolute Gasteiger partial charge is 0.369 e. The summed E-state index contributed by atoms with van der Waals surface area (Å²) in [5, 5.41) is 5.77. The number of carbonyl (C=O) groups is 2. The molecule has 0 bridgehead atoms. The Hall–Kier alpha value is -3.02. The summed E-state index contributed by atoms with van der Waals surface area (Å²) in [4.78, 5) is 28.2. The summed E-state index contributed by atoms with van der Waals surface area (Å²) in [6.45, 7) is 3.09. The van der Waals surface area contributed by atoms with Gasteiger partial charge in [0.25, 0.3) is 0 Å². The smallest absolute Gasteiger partial charge is 0.319 e. The molecular weight excluding hydrogens is 340 g/mol. The van der Waals surface area contributed by atoms with Gasteiger partial charge in [-0.15, -0.1) is 0 Å². The normalized spacial score (nSPS) is 15.8. The molecule has 6 heteroatoms. The van der Waals surface area contributed by atoms with Crippen LogP contribution < -0.4 is 20.4 Å². The summed E-state index contributed by atoms with van der Waals surface area (Å²) in [5.41, 5.74) is 4.16. The molecule has 0 spiro atoms. The first kappa shape index (κ1) is 17.4. The second-order valence-electron chi connectivity index (χ2n) is 6.95. The van der Waals surface area contributed by atoms with Crippen LogP contribution in [0, 0.1) is 0 Å². The zero-order valence-corrected chi connectivity index (χ0v) is 15.3. The number of nitrogens with zero attached hydrogens (tertiary/aromatic N) is 2. The van der Waals surface area contributed by atoms with Gasteiger partial charge in [0.15, 0.2) is 0 Å². The number of carbonyl (C=O) groups excluding carboxylic acids is 2. The van der Waals surface area contributed by atoms with Gasteiger partial charge in [0.1, 0.15) is 0 Å². The number of fused-ring (bicyclic) bond motifs is 1. The fraction of sp³-hybridized carbons (Fsp3) is 0.333. The molecule has 0 aliphatic carbocycles. The summed E-state index contributed by atoms with van der Waals surface area (Å²) in [6.07, 6.45) is 2.54. The number of urea groups is 1. The molecule has 2 N–H and O–H groups in total. The average Bonchev–Trinajstić information content (AvgIpc) is 3.28. The number of anilines is 3. The summed E-state index contributed by atoms with van der Waals surface area (Å²) in [7, 11) is 0. The third-order valence-electron chi connectivity index (χ3n) is 5.14. The average molecular weight is 364 g/mol. The van der Waals surface area contributed by atoms with Gasteiger partial charge < -0.3 is 20.4 Å². The van der Waals surface area contributed by atoms with Crippen LogP contribution in [0.3, 0.4) is 0 Å². The molecule has 6 nitrogen and oxygen atoms in total. The lowest BCUT2D eigenvalue weighted by molar-refractivity contribution is -0.117. The molecule has 2 aliphatic heterocycles. The lowest BCUT2D eigenvalue weighted by Gasteiger charge is -2.20. The third-order valence-corrected chi connectivity index (χ3v) is 5.14. The van der Waals surface area contributed by atoms with E-state index in [1.54, 1.807) is 4.90 Å². The Labute approximate surface area is 159 Å². The number of hydrogen-bond acceptors (Lipinski definition) is 3. The van der Waals surface area contributed by atoms with E-state index in [4.69, 9.17) is 0 Å². The molecule has 0 unspecified atom stereocenters. The summed E-state index contributed by atoms with van der Waals surface area (Å²) < 4.78 is 0. The van der Waals surface area contributed by atoms with Gasteiger partial charge in [0, 0.05) is 49.7 Å². The van der Waals surface area contributed by atoms with Crippen LogP contribution in [0.2, 0.25) is 0 Å². The molecule has 1 fully saturated rings. The third kappa shape index (κ3) is 3.89. The Morgan fingerprint density at radius 2 is 1.93 bits per heavy atom. The maximum Gasteiger partial charge on any atom is 0.319 e. The number of hydrogen-bond donors (Lipinski definition) is 2. The number of para-hydroxylation sites is 1. The second-order valence-corrected chi connectivity index (χ2v) is 6.95. The van der Waals surface area contributed by atoms with Crippen LogP contribution in [-0.4, -0.2) is 38.1 Å². The van der Waals surface area contributed by atoms with Crippen LogP contribution in [0.1, 0.15) is 18.4 Å². The Morgan fingerprint density at radius 1 is 1.04 bits per heavy atom. The molecule has 0 saturated carbocycles. The summed E-state index contributed by atoms with van der Waals surface area (Å²) in [6, 6.07) is 15.6. The maximum atomic E-state index is 12.2. The molecule has 27 heavy (non-hydrogen) atoms. The highest BCUT2D eigenvalue weighted by Gasteiger charge is 2.22. The predicted molar refractivity (Wildman–Crippen MR) is 107 cm³/mol. The SMILES string of the molecule is O=C(NCCN1CCc2ccccc21)Nc1cccc(N2CCCC2=O)c1. The fourth-order valence-corrected chi connectivity index (χ4v) is 3.79. The van der Waals surface area contributed by atoms with Gasteiger partial charge in [-0.05, 0) is 42.7 Å². The van der Waals surface area contributed by atoms with E-state index in [1.807, 2.05) is 24.3 Å². The summed E-state index contributed by atoms with van der Waals surface area (Å²) >= 11 is 0. The quantitative estimate of drug-likeness (QED) is 0.857. The highest BCUT2D eigenvalue weighted by Crippen LogP contribution is 2.27. The van der Waals surface area contributed by atoms with Gasteiger partial charge >= 0.3 is 6.03 Å². The van der Waals surface area contributed by atoms with E-state index in [9.17, 15) is 9.59 Å². The number of rotatable bonds is 5. The zero-order valence-electron chi connectivity index (χ0n) is 15.3. The van der Waals surface area contributed by atoms with Crippen molar-refractivity contribution in [3.63, 3.8) is 0 Å². The van der Waals surface area contributed by atoms with E-state index in [0.717, 1.165) is 38.2 Å². The topological polar surface area (TPSA) is 64.7 Å². The lowest BCUT2D eigenvalue weighted by Crippen LogP contribution is -2.36. The molecule has 4 rings (SSSR count). The number of nitrogens with one attached hydrogen (secondary N) is 2. The zero-order chi connectivity index (χ0) is 18.6. The van der Waals surface area contributed by atoms with Gasteiger partial charge in [-0.3, -0.25) is 4.79 Å². The lowest BCUT2D eigenvalue weighted by atomic mass is 10.2. The van der Waals surface area contributed by atoms with Crippen molar-refractivity contribution in [3.8, 4) is 0 Å². The van der Waals surface area contributed by atoms with E-state index in [1.165, 1.54) is 11.3 Å². The molecule has 0 aromatic heterocycles. The van der Waals surface area contributed by atoms with Crippen molar-refractivity contribution < 1.29 is 9.59 Å². The van der Waals surface area contributed by atoms with Crippen LogP contribution in [0.4, 0.5) is 21.9 Å². The van der Waals surface area contributed by atoms with Crippen LogP contribution >= 0.6 is 0 Å². The second kappa shape index (κ2) is 7.70. The first-order valence-corrected chi connectivity index (χ1v) is 9.49. The molecule has 2 aromatic rings. The van der Waals surface area contributed by atoms with Gasteiger partial charge in [0.2, 0.25) is 5.91 Å². The van der Waals surface area contributed by atoms with Crippen molar-refractivity contribution in [2.24, 2.45) is 0 Å². The molecule has 3 amide bonds. The highest BCUT2D eigenvalue weighted by molar-refractivity contribution is 5.96. The van der Waals surface area contributed by atoms with Crippen molar-refractivity contribution in [2.75, 3.05) is 41.3 Å². The number of benzene rings is 2. The van der Waals surface area contributed by atoms with Crippen LogP contribution in [-0.2, 0) is 11.2 Å². The standard InChI is InChI=1S/C21H24N4O2/c26-20-9-4-12-25(20)18-7-3-6-17(15-18)23-21(27)22-11-14-24-13-10-16-5-1-2-8-19(16)24/h1-3,5-8,15H,4,9-14H2,(H2,22,23,27). The van der Waals surface area contributed by atoms with Crippen molar-refractivity contribution in [1.82, 2.24) is 5.32 Å². The Bertz CT molecular complexity index is 852. The van der Waals surface area contributed by atoms with Gasteiger partial charge in [0.05, 0.1) is 0 Å². The minimum atomic E-state index is -0.229. The molecule has 2 heterocycles. The summed E-state index contributed by atoms with van der Waals surface area (Å²) in [5.74, 6) is 0.141. The molecular formula is C21H24N4O2. The van der Waals surface area contributed by atoms with E-state index in [2.05, 4.69) is 39.8 Å². The van der Waals surface area contributed by atoms with Crippen LogP contribution in [0.15, 0.2) is 48.5 Å². The van der Waals surface area contributed by atoms with E-state index in [-0.39, 0.29) is 11.9 Å². The first-order valence-electron chi connectivity index (χ1n) is 9.49. The van der Waals surface area contributed by atoms with Crippen molar-refractivity contribution in [3.05, 3.63) is 54.1 Å². The molecule has 0 atom stereocenters. The highest BCUT2D eigenvalue weighted by atomic mass is 16.2. The maximum absolute atomic E-state index is 12.2. The molecule has 140 valence electrons. The minimum Gasteiger partial charge on any atom is -0.369 e. The molecule has 2 aromatic carbocycles.